The quantitative estimate of drug-likeness (QED) is 0.557. The number of hydrogen-bond donors (Lipinski definition) is 3. The highest BCUT2D eigenvalue weighted by molar-refractivity contribution is 7.71. The van der Waals surface area contributed by atoms with Crippen molar-refractivity contribution >= 4 is 22.3 Å². The monoisotopic (exact) mass is 408 g/mol. The SMILES string of the molecule is O=C(Nc1ccc(C[SH](=O)=O)cc1)c1c[nH]c(-c2ccccc2C(F)(F)F)c1. The lowest BCUT2D eigenvalue weighted by molar-refractivity contribution is -0.137. The Balaban J connectivity index is 1.78. The van der Waals surface area contributed by atoms with E-state index in [1.165, 1.54) is 30.5 Å². The predicted molar refractivity (Wildman–Crippen MR) is 99.6 cm³/mol. The Morgan fingerprint density at radius 3 is 2.36 bits per heavy atom. The number of carbonyl (C=O) groups is 1. The van der Waals surface area contributed by atoms with E-state index in [2.05, 4.69) is 10.3 Å². The Labute approximate surface area is 160 Å². The van der Waals surface area contributed by atoms with E-state index in [4.69, 9.17) is 0 Å². The van der Waals surface area contributed by atoms with Crippen LogP contribution in [0.3, 0.4) is 0 Å². The summed E-state index contributed by atoms with van der Waals surface area (Å²) in [4.78, 5) is 15.1. The molecule has 1 heterocycles. The summed E-state index contributed by atoms with van der Waals surface area (Å²) >= 11 is 0. The summed E-state index contributed by atoms with van der Waals surface area (Å²) in [5, 5.41) is 2.62. The van der Waals surface area contributed by atoms with Crippen LogP contribution in [0.15, 0.2) is 60.8 Å². The molecule has 146 valence electrons. The molecule has 0 aliphatic carbocycles. The molecule has 0 spiro atoms. The summed E-state index contributed by atoms with van der Waals surface area (Å²) in [5.41, 5.74) is 0.516. The van der Waals surface area contributed by atoms with Crippen LogP contribution in [0.4, 0.5) is 18.9 Å². The summed E-state index contributed by atoms with van der Waals surface area (Å²) in [6, 6.07) is 12.7. The molecule has 0 atom stereocenters. The average molecular weight is 408 g/mol. The van der Waals surface area contributed by atoms with Crippen molar-refractivity contribution in [2.24, 2.45) is 0 Å². The molecule has 0 unspecified atom stereocenters. The molecular weight excluding hydrogens is 393 g/mol. The van der Waals surface area contributed by atoms with Crippen molar-refractivity contribution in [2.75, 3.05) is 5.32 Å². The molecule has 0 aliphatic heterocycles. The minimum atomic E-state index is -4.51. The maximum atomic E-state index is 13.2. The smallest absolute Gasteiger partial charge is 0.360 e. The first kappa shape index (κ1) is 19.7. The van der Waals surface area contributed by atoms with Gasteiger partial charge in [0.1, 0.15) is 10.7 Å². The first-order chi connectivity index (χ1) is 13.2. The van der Waals surface area contributed by atoms with Crippen LogP contribution in [-0.2, 0) is 22.6 Å². The maximum absolute atomic E-state index is 13.2. The van der Waals surface area contributed by atoms with Gasteiger partial charge in [0.2, 0.25) is 0 Å². The molecule has 5 nitrogen and oxygen atoms in total. The number of nitrogens with one attached hydrogen (secondary N) is 2. The zero-order valence-corrected chi connectivity index (χ0v) is 15.2. The number of anilines is 1. The van der Waals surface area contributed by atoms with E-state index in [1.807, 2.05) is 0 Å². The van der Waals surface area contributed by atoms with Crippen LogP contribution in [0, 0.1) is 0 Å². The largest absolute Gasteiger partial charge is 0.417 e. The Morgan fingerprint density at radius 2 is 1.71 bits per heavy atom. The summed E-state index contributed by atoms with van der Waals surface area (Å²) < 4.78 is 60.9. The van der Waals surface area contributed by atoms with Gasteiger partial charge in [0.25, 0.3) is 5.91 Å². The number of thiol groups is 1. The number of amides is 1. The van der Waals surface area contributed by atoms with Crippen LogP contribution in [0.5, 0.6) is 0 Å². The third kappa shape index (κ3) is 4.61. The summed E-state index contributed by atoms with van der Waals surface area (Å²) in [7, 11) is -2.54. The van der Waals surface area contributed by atoms with Crippen molar-refractivity contribution in [3.8, 4) is 11.3 Å². The molecule has 0 radical (unpaired) electrons. The molecule has 9 heteroatoms. The number of halogens is 3. The highest BCUT2D eigenvalue weighted by atomic mass is 32.2. The second kappa shape index (κ2) is 7.89. The summed E-state index contributed by atoms with van der Waals surface area (Å²) in [5.74, 6) is -0.599. The van der Waals surface area contributed by atoms with Crippen molar-refractivity contribution < 1.29 is 26.4 Å². The van der Waals surface area contributed by atoms with E-state index in [9.17, 15) is 26.4 Å². The van der Waals surface area contributed by atoms with Gasteiger partial charge in [-0.2, -0.15) is 13.2 Å². The van der Waals surface area contributed by atoms with E-state index in [0.717, 1.165) is 6.07 Å². The number of alkyl halides is 3. The van der Waals surface area contributed by atoms with Gasteiger partial charge in [-0.1, -0.05) is 30.3 Å². The molecular formula is C19H15F3N2O3S. The Hall–Kier alpha value is -3.07. The molecule has 0 aliphatic rings. The number of rotatable bonds is 5. The lowest BCUT2D eigenvalue weighted by Crippen LogP contribution is -2.10. The predicted octanol–water partition coefficient (Wildman–Crippen LogP) is 4.06. The van der Waals surface area contributed by atoms with Gasteiger partial charge in [0, 0.05) is 23.1 Å². The summed E-state index contributed by atoms with van der Waals surface area (Å²) in [6.07, 6.45) is -3.19. The topological polar surface area (TPSA) is 79.0 Å². The number of hydrogen-bond acceptors (Lipinski definition) is 3. The van der Waals surface area contributed by atoms with E-state index in [-0.39, 0.29) is 22.6 Å². The summed E-state index contributed by atoms with van der Waals surface area (Å²) in [6.45, 7) is 0. The second-order valence-corrected chi connectivity index (χ2v) is 6.97. The second-order valence-electron chi connectivity index (χ2n) is 5.99. The van der Waals surface area contributed by atoms with Crippen molar-refractivity contribution in [3.63, 3.8) is 0 Å². The zero-order valence-electron chi connectivity index (χ0n) is 14.3. The number of aromatic nitrogens is 1. The van der Waals surface area contributed by atoms with Gasteiger partial charge in [0.15, 0.2) is 0 Å². The van der Waals surface area contributed by atoms with Crippen LogP contribution in [0.25, 0.3) is 11.3 Å². The third-order valence-corrected chi connectivity index (χ3v) is 4.61. The number of benzene rings is 2. The lowest BCUT2D eigenvalue weighted by Gasteiger charge is -2.11. The van der Waals surface area contributed by atoms with E-state index < -0.39 is 28.4 Å². The van der Waals surface area contributed by atoms with Gasteiger partial charge in [-0.05, 0) is 29.8 Å². The highest BCUT2D eigenvalue weighted by Gasteiger charge is 2.33. The lowest BCUT2D eigenvalue weighted by atomic mass is 10.0. The van der Waals surface area contributed by atoms with Crippen molar-refractivity contribution in [3.05, 3.63) is 77.5 Å². The molecule has 3 aromatic rings. The first-order valence-electron chi connectivity index (χ1n) is 8.11. The molecule has 0 saturated carbocycles. The molecule has 2 aromatic carbocycles. The number of aromatic amines is 1. The standard InChI is InChI=1S/C19H15F3N2O3S/c20-19(21,22)16-4-2-1-3-15(16)17-9-13(10-23-17)18(25)24-14-7-5-12(6-8-14)11-28(26)27/h1-10,23,28H,11H2,(H,24,25). The molecule has 28 heavy (non-hydrogen) atoms. The van der Waals surface area contributed by atoms with Gasteiger partial charge in [-0.3, -0.25) is 4.79 Å². The van der Waals surface area contributed by atoms with Crippen molar-refractivity contribution in [1.29, 1.82) is 0 Å². The van der Waals surface area contributed by atoms with Crippen LogP contribution in [0.2, 0.25) is 0 Å². The normalized spacial score (nSPS) is 11.6. The van der Waals surface area contributed by atoms with Crippen molar-refractivity contribution in [2.45, 2.75) is 11.9 Å². The zero-order chi connectivity index (χ0) is 20.3. The Kier molecular flexibility index (Phi) is 5.55. The molecule has 0 saturated heterocycles. The molecule has 3 rings (SSSR count). The fourth-order valence-electron chi connectivity index (χ4n) is 2.69. The van der Waals surface area contributed by atoms with Crippen LogP contribution in [-0.4, -0.2) is 19.3 Å². The maximum Gasteiger partial charge on any atom is 0.417 e. The van der Waals surface area contributed by atoms with E-state index in [0.29, 0.717) is 11.3 Å². The van der Waals surface area contributed by atoms with E-state index >= 15 is 0 Å². The highest BCUT2D eigenvalue weighted by Crippen LogP contribution is 2.36. The Morgan fingerprint density at radius 1 is 1.04 bits per heavy atom. The molecule has 0 bridgehead atoms. The molecule has 1 amide bonds. The molecule has 0 fully saturated rings. The van der Waals surface area contributed by atoms with Gasteiger partial charge >= 0.3 is 6.18 Å². The fraction of sp³-hybridized carbons (Fsp3) is 0.105. The minimum absolute atomic E-state index is 0.0508. The first-order valence-corrected chi connectivity index (χ1v) is 9.47. The number of H-pyrrole nitrogens is 1. The van der Waals surface area contributed by atoms with Crippen LogP contribution < -0.4 is 5.32 Å². The molecule has 1 aromatic heterocycles. The van der Waals surface area contributed by atoms with Crippen LogP contribution in [0.1, 0.15) is 21.5 Å². The third-order valence-electron chi connectivity index (χ3n) is 3.99. The van der Waals surface area contributed by atoms with Gasteiger partial charge in [0.05, 0.1) is 16.9 Å². The Bertz CT molecular complexity index is 1060. The number of carbonyl (C=O) groups excluding carboxylic acids is 1. The van der Waals surface area contributed by atoms with Gasteiger partial charge in [-0.25, -0.2) is 8.42 Å². The fourth-order valence-corrected chi connectivity index (χ4v) is 3.20. The van der Waals surface area contributed by atoms with Crippen molar-refractivity contribution in [1.82, 2.24) is 4.98 Å². The van der Waals surface area contributed by atoms with Gasteiger partial charge in [-0.15, -0.1) is 0 Å². The average Bonchev–Trinajstić information content (AvgIpc) is 3.12. The molecule has 2 N–H and O–H groups in total. The van der Waals surface area contributed by atoms with Crippen LogP contribution >= 0.6 is 0 Å². The minimum Gasteiger partial charge on any atom is -0.360 e. The van der Waals surface area contributed by atoms with E-state index in [1.54, 1.807) is 24.3 Å². The van der Waals surface area contributed by atoms with Gasteiger partial charge < -0.3 is 10.3 Å².